The summed E-state index contributed by atoms with van der Waals surface area (Å²) in [5, 5.41) is 15.9. The number of ether oxygens (including phenoxy) is 2. The lowest BCUT2D eigenvalue weighted by Gasteiger charge is -2.30. The molecule has 0 saturated carbocycles. The van der Waals surface area contributed by atoms with Gasteiger partial charge in [-0.15, -0.1) is 0 Å². The van der Waals surface area contributed by atoms with Crippen LogP contribution in [0.3, 0.4) is 0 Å². The van der Waals surface area contributed by atoms with E-state index in [9.17, 15) is 9.90 Å². The lowest BCUT2D eigenvalue weighted by atomic mass is 10.1. The second-order valence-electron chi connectivity index (χ2n) is 7.70. The molecule has 2 aliphatic heterocycles. The van der Waals surface area contributed by atoms with Crippen molar-refractivity contribution < 1.29 is 19.4 Å². The number of hydrogen-bond donors (Lipinski definition) is 1. The maximum atomic E-state index is 13.1. The fourth-order valence-electron chi connectivity index (χ4n) is 3.23. The van der Waals surface area contributed by atoms with E-state index in [0.717, 1.165) is 5.57 Å². The van der Waals surface area contributed by atoms with Gasteiger partial charge in [0.05, 0.1) is 18.4 Å². The van der Waals surface area contributed by atoms with Crippen molar-refractivity contribution in [2.75, 3.05) is 18.6 Å². The van der Waals surface area contributed by atoms with Crippen molar-refractivity contribution >= 4 is 23.5 Å². The first-order chi connectivity index (χ1) is 14.4. The van der Waals surface area contributed by atoms with Gasteiger partial charge < -0.3 is 14.6 Å². The van der Waals surface area contributed by atoms with Gasteiger partial charge in [0, 0.05) is 36.7 Å². The van der Waals surface area contributed by atoms with Crippen LogP contribution in [0.1, 0.15) is 26.1 Å². The normalized spacial score (nSPS) is 18.3. The highest BCUT2D eigenvalue weighted by molar-refractivity contribution is 6.12. The smallest absolute Gasteiger partial charge is 0.257 e. The maximum Gasteiger partial charge on any atom is 0.257 e. The molecule has 2 aromatic rings. The SMILES string of the molecule is COc1cc(N2C=NN3C=C(c4ncccn4)CC3C2=O)ccc1OCC(C)(C)O. The summed E-state index contributed by atoms with van der Waals surface area (Å²) in [7, 11) is 1.52. The topological polar surface area (TPSA) is 100 Å². The lowest BCUT2D eigenvalue weighted by Crippen LogP contribution is -2.47. The second-order valence-corrected chi connectivity index (χ2v) is 7.70. The van der Waals surface area contributed by atoms with Gasteiger partial charge in [-0.05, 0) is 32.0 Å². The number of aliphatic hydroxyl groups is 1. The minimum absolute atomic E-state index is 0.111. The first-order valence-corrected chi connectivity index (χ1v) is 9.52. The molecule has 0 aliphatic carbocycles. The zero-order valence-electron chi connectivity index (χ0n) is 17.0. The van der Waals surface area contributed by atoms with Gasteiger partial charge >= 0.3 is 0 Å². The number of benzene rings is 1. The number of rotatable bonds is 6. The van der Waals surface area contributed by atoms with Crippen LogP contribution in [-0.4, -0.2) is 57.7 Å². The summed E-state index contributed by atoms with van der Waals surface area (Å²) in [6.07, 6.45) is 7.11. The van der Waals surface area contributed by atoms with E-state index in [-0.39, 0.29) is 12.5 Å². The average Bonchev–Trinajstić information content (AvgIpc) is 3.18. The highest BCUT2D eigenvalue weighted by Crippen LogP contribution is 2.35. The zero-order valence-corrected chi connectivity index (χ0v) is 17.0. The Bertz CT molecular complexity index is 1000. The average molecular weight is 409 g/mol. The lowest BCUT2D eigenvalue weighted by molar-refractivity contribution is -0.122. The Labute approximate surface area is 174 Å². The van der Waals surface area contributed by atoms with E-state index in [0.29, 0.717) is 29.4 Å². The van der Waals surface area contributed by atoms with Crippen LogP contribution in [0, 0.1) is 0 Å². The van der Waals surface area contributed by atoms with Gasteiger partial charge in [-0.2, -0.15) is 5.10 Å². The molecule has 1 atom stereocenters. The summed E-state index contributed by atoms with van der Waals surface area (Å²) >= 11 is 0. The summed E-state index contributed by atoms with van der Waals surface area (Å²) in [6.45, 7) is 3.43. The third-order valence-corrected chi connectivity index (χ3v) is 4.70. The van der Waals surface area contributed by atoms with E-state index in [4.69, 9.17) is 9.47 Å². The van der Waals surface area contributed by atoms with Gasteiger partial charge in [0.1, 0.15) is 19.0 Å². The number of hydrazone groups is 1. The molecule has 9 nitrogen and oxygen atoms in total. The Hall–Kier alpha value is -3.46. The molecular weight excluding hydrogens is 386 g/mol. The Morgan fingerprint density at radius 2 is 2.00 bits per heavy atom. The molecule has 0 saturated heterocycles. The molecule has 4 rings (SSSR count). The van der Waals surface area contributed by atoms with Gasteiger partial charge in [0.2, 0.25) is 0 Å². The van der Waals surface area contributed by atoms with Crippen LogP contribution in [0.2, 0.25) is 0 Å². The van der Waals surface area contributed by atoms with E-state index in [2.05, 4.69) is 15.1 Å². The fraction of sp³-hybridized carbons (Fsp3) is 0.333. The van der Waals surface area contributed by atoms with Crippen molar-refractivity contribution in [1.29, 1.82) is 0 Å². The molecule has 1 aromatic heterocycles. The monoisotopic (exact) mass is 409 g/mol. The molecule has 9 heteroatoms. The van der Waals surface area contributed by atoms with Crippen LogP contribution in [0.4, 0.5) is 5.69 Å². The van der Waals surface area contributed by atoms with Crippen LogP contribution in [-0.2, 0) is 4.79 Å². The van der Waals surface area contributed by atoms with Crippen LogP contribution in [0.15, 0.2) is 48.0 Å². The number of nitrogens with zero attached hydrogens (tertiary/aromatic N) is 5. The number of aromatic nitrogens is 2. The molecule has 1 aromatic carbocycles. The first kappa shape index (κ1) is 19.8. The van der Waals surface area contributed by atoms with E-state index in [1.54, 1.807) is 61.7 Å². The highest BCUT2D eigenvalue weighted by atomic mass is 16.5. The summed E-state index contributed by atoms with van der Waals surface area (Å²) < 4.78 is 11.1. The highest BCUT2D eigenvalue weighted by Gasteiger charge is 2.38. The van der Waals surface area contributed by atoms with Crippen molar-refractivity contribution in [3.63, 3.8) is 0 Å². The molecule has 3 heterocycles. The zero-order chi connectivity index (χ0) is 21.3. The van der Waals surface area contributed by atoms with Crippen LogP contribution < -0.4 is 14.4 Å². The van der Waals surface area contributed by atoms with Crippen LogP contribution >= 0.6 is 0 Å². The van der Waals surface area contributed by atoms with Gasteiger partial charge in [-0.1, -0.05) is 0 Å². The Kier molecular flexibility index (Phi) is 5.13. The molecule has 0 fully saturated rings. The molecule has 2 aliphatic rings. The van der Waals surface area contributed by atoms with Crippen molar-refractivity contribution in [2.24, 2.45) is 5.10 Å². The van der Waals surface area contributed by atoms with E-state index in [1.807, 2.05) is 0 Å². The van der Waals surface area contributed by atoms with Gasteiger partial charge in [-0.25, -0.2) is 9.97 Å². The number of hydrogen-bond acceptors (Lipinski definition) is 8. The number of carbonyl (C=O) groups is 1. The van der Waals surface area contributed by atoms with Crippen molar-refractivity contribution in [2.45, 2.75) is 31.9 Å². The molecular formula is C21H23N5O4. The molecule has 1 N–H and O–H groups in total. The van der Waals surface area contributed by atoms with E-state index < -0.39 is 11.6 Å². The third kappa shape index (κ3) is 3.97. The molecule has 1 amide bonds. The van der Waals surface area contributed by atoms with Crippen LogP contribution in [0.5, 0.6) is 11.5 Å². The minimum Gasteiger partial charge on any atom is -0.493 e. The first-order valence-electron chi connectivity index (χ1n) is 9.52. The molecule has 1 unspecified atom stereocenters. The molecule has 30 heavy (non-hydrogen) atoms. The number of anilines is 1. The molecule has 0 bridgehead atoms. The number of methoxy groups -OCH3 is 1. The van der Waals surface area contributed by atoms with Gasteiger partial charge in [0.15, 0.2) is 17.3 Å². The van der Waals surface area contributed by atoms with E-state index in [1.165, 1.54) is 18.3 Å². The van der Waals surface area contributed by atoms with Gasteiger partial charge in [-0.3, -0.25) is 14.7 Å². The summed E-state index contributed by atoms with van der Waals surface area (Å²) in [4.78, 5) is 23.1. The molecule has 156 valence electrons. The van der Waals surface area contributed by atoms with Crippen molar-refractivity contribution in [1.82, 2.24) is 15.0 Å². The fourth-order valence-corrected chi connectivity index (χ4v) is 3.23. The standard InChI is InChI=1S/C21H23N5O4/c1-21(2,28)12-30-17-6-5-15(10-18(17)29-3)25-13-24-26-11-14(9-16(26)20(25)27)19-22-7-4-8-23-19/h4-8,10-11,13,16,28H,9,12H2,1-3H3. The van der Waals surface area contributed by atoms with Crippen molar-refractivity contribution in [3.05, 3.63) is 48.7 Å². The molecule has 0 spiro atoms. The van der Waals surface area contributed by atoms with Crippen LogP contribution in [0.25, 0.3) is 5.57 Å². The summed E-state index contributed by atoms with van der Waals surface area (Å²) in [6, 6.07) is 6.48. The van der Waals surface area contributed by atoms with Crippen molar-refractivity contribution in [3.8, 4) is 11.5 Å². The number of amides is 1. The minimum atomic E-state index is -0.974. The number of carbonyl (C=O) groups excluding carboxylic acids is 1. The Morgan fingerprint density at radius 3 is 2.70 bits per heavy atom. The largest absolute Gasteiger partial charge is 0.493 e. The molecule has 0 radical (unpaired) electrons. The summed E-state index contributed by atoms with van der Waals surface area (Å²) in [5.74, 6) is 1.43. The Balaban J connectivity index is 1.53. The summed E-state index contributed by atoms with van der Waals surface area (Å²) in [5.41, 5.74) is 0.499. The van der Waals surface area contributed by atoms with E-state index >= 15 is 0 Å². The van der Waals surface area contributed by atoms with Gasteiger partial charge in [0.25, 0.3) is 5.91 Å². The number of fused-ring (bicyclic) bond motifs is 1. The second kappa shape index (κ2) is 7.75. The predicted octanol–water partition coefficient (Wildman–Crippen LogP) is 2.04. The third-order valence-electron chi connectivity index (χ3n) is 4.70. The Morgan fingerprint density at radius 1 is 1.23 bits per heavy atom. The maximum absolute atomic E-state index is 13.1. The predicted molar refractivity (Wildman–Crippen MR) is 111 cm³/mol. The quantitative estimate of drug-likeness (QED) is 0.779.